The molecule has 0 spiro atoms. The van der Waals surface area contributed by atoms with Gasteiger partial charge in [0.25, 0.3) is 6.71 Å². The third kappa shape index (κ3) is 5.88. The number of rotatable bonds is 6. The standard InChI is InChI=1S/C70H61BN2/c1-7-69(3,4)64-45-31-17-21-42(45)39-58-67(64)72(44-37-38-54-49-25-10-9-23-47(49)48-24-12-14-29-53(48)57(54)41-44)61-35-20-36-62-66(61)71(58)59-40-43-22-18-32-46(43)65(70(5,6)8-2)68(59)73(62)60-34-19-33-56-52-27-13-11-26-50(52)51-28-15-16-30-55(51)63(56)60/h9-16,19-20,23-30,33-41H,7-8,17-18,21-22,31-32H2,1-6H3. The maximum atomic E-state index is 2.80. The molecule has 0 radical (unpaired) electrons. The molecule has 0 N–H and O–H groups in total. The van der Waals surface area contributed by atoms with Crippen molar-refractivity contribution < 1.29 is 0 Å². The molecule has 11 aromatic carbocycles. The summed E-state index contributed by atoms with van der Waals surface area (Å²) < 4.78 is 0. The van der Waals surface area contributed by atoms with E-state index in [2.05, 4.69) is 215 Å². The normalized spacial score (nSPS) is 15.0. The number of nitrogens with zero attached hydrogens (tertiary/aromatic N) is 2. The van der Waals surface area contributed by atoms with E-state index >= 15 is 0 Å². The van der Waals surface area contributed by atoms with Crippen molar-refractivity contribution in [3.63, 3.8) is 0 Å². The van der Waals surface area contributed by atoms with Crippen LogP contribution in [0, 0.1) is 0 Å². The molecule has 0 saturated heterocycles. The monoisotopic (exact) mass is 940 g/mol. The Labute approximate surface area is 430 Å². The Morgan fingerprint density at radius 2 is 0.795 bits per heavy atom. The molecule has 73 heavy (non-hydrogen) atoms. The van der Waals surface area contributed by atoms with E-state index in [1.54, 1.807) is 33.4 Å². The number of hydrogen-bond acceptors (Lipinski definition) is 2. The molecule has 2 nitrogen and oxygen atoms in total. The molecule has 2 aliphatic heterocycles. The molecule has 2 aliphatic carbocycles. The molecule has 0 fully saturated rings. The maximum Gasteiger partial charge on any atom is 0.252 e. The molecule has 0 atom stereocenters. The second-order valence-electron chi connectivity index (χ2n) is 23.3. The van der Waals surface area contributed by atoms with Crippen LogP contribution < -0.4 is 26.2 Å². The van der Waals surface area contributed by atoms with Crippen molar-refractivity contribution in [2.24, 2.45) is 0 Å². The van der Waals surface area contributed by atoms with E-state index in [0.717, 1.165) is 38.5 Å². The van der Waals surface area contributed by atoms with Crippen LogP contribution in [0.3, 0.4) is 0 Å². The summed E-state index contributed by atoms with van der Waals surface area (Å²) in [4.78, 5) is 5.56. The first-order valence-electron chi connectivity index (χ1n) is 27.4. The van der Waals surface area contributed by atoms with Crippen LogP contribution in [0.1, 0.15) is 101 Å². The van der Waals surface area contributed by atoms with E-state index in [1.807, 2.05) is 0 Å². The summed E-state index contributed by atoms with van der Waals surface area (Å²) >= 11 is 0. The maximum absolute atomic E-state index is 2.80. The molecule has 0 amide bonds. The molecule has 0 bridgehead atoms. The van der Waals surface area contributed by atoms with Crippen molar-refractivity contribution in [1.29, 1.82) is 0 Å². The SMILES string of the molecule is CCC(C)(C)c1c2c(cc3c1N(c1ccc4c5ccccc5c5ccccc5c4c1)c1cccc4c1B3c1cc3c(c(C(C)(C)CC)c1N4c1cccc4c5ccccc5c5ccccc5c14)CCC3)CCC2. The van der Waals surface area contributed by atoms with Crippen molar-refractivity contribution in [3.05, 3.63) is 197 Å². The van der Waals surface area contributed by atoms with Crippen LogP contribution in [-0.2, 0) is 36.5 Å². The molecule has 11 aromatic rings. The highest BCUT2D eigenvalue weighted by Gasteiger charge is 2.49. The topological polar surface area (TPSA) is 6.48 Å². The van der Waals surface area contributed by atoms with Gasteiger partial charge in [0.1, 0.15) is 0 Å². The summed E-state index contributed by atoms with van der Waals surface area (Å²) in [5.41, 5.74) is 21.7. The fourth-order valence-corrected chi connectivity index (χ4v) is 14.9. The highest BCUT2D eigenvalue weighted by molar-refractivity contribution is 7.00. The number of hydrogen-bond donors (Lipinski definition) is 0. The zero-order valence-corrected chi connectivity index (χ0v) is 43.2. The van der Waals surface area contributed by atoms with Crippen LogP contribution in [-0.4, -0.2) is 6.71 Å². The van der Waals surface area contributed by atoms with Gasteiger partial charge in [-0.05, 0) is 202 Å². The van der Waals surface area contributed by atoms with Gasteiger partial charge in [-0.2, -0.15) is 0 Å². The molecule has 354 valence electrons. The van der Waals surface area contributed by atoms with Gasteiger partial charge in [-0.3, -0.25) is 0 Å². The molecule has 2 heterocycles. The first-order chi connectivity index (χ1) is 35.7. The van der Waals surface area contributed by atoms with Gasteiger partial charge in [-0.15, -0.1) is 0 Å². The summed E-state index contributed by atoms with van der Waals surface area (Å²) in [6.45, 7) is 15.0. The Bertz CT molecular complexity index is 4130. The van der Waals surface area contributed by atoms with Gasteiger partial charge in [0.15, 0.2) is 0 Å². The number of aryl methyl sites for hydroxylation is 2. The summed E-state index contributed by atoms with van der Waals surface area (Å²) in [7, 11) is 0. The smallest absolute Gasteiger partial charge is 0.252 e. The Morgan fingerprint density at radius 3 is 1.30 bits per heavy atom. The van der Waals surface area contributed by atoms with E-state index in [1.165, 1.54) is 128 Å². The van der Waals surface area contributed by atoms with Crippen molar-refractivity contribution in [2.75, 3.05) is 9.80 Å². The van der Waals surface area contributed by atoms with E-state index in [4.69, 9.17) is 0 Å². The van der Waals surface area contributed by atoms with Crippen molar-refractivity contribution in [2.45, 2.75) is 104 Å². The van der Waals surface area contributed by atoms with E-state index < -0.39 is 0 Å². The van der Waals surface area contributed by atoms with Gasteiger partial charge in [0.05, 0.1) is 5.69 Å². The van der Waals surface area contributed by atoms with Crippen LogP contribution in [0.2, 0.25) is 0 Å². The van der Waals surface area contributed by atoms with Crippen LogP contribution >= 0.6 is 0 Å². The van der Waals surface area contributed by atoms with E-state index in [-0.39, 0.29) is 17.5 Å². The average Bonchev–Trinajstić information content (AvgIpc) is 4.14. The molecule has 0 aromatic heterocycles. The number of anilines is 6. The number of fused-ring (bicyclic) bond motifs is 18. The van der Waals surface area contributed by atoms with Gasteiger partial charge in [0, 0.05) is 33.8 Å². The largest absolute Gasteiger partial charge is 0.311 e. The Balaban J connectivity index is 1.12. The quantitative estimate of drug-likeness (QED) is 0.121. The second-order valence-corrected chi connectivity index (χ2v) is 23.3. The molecule has 15 rings (SSSR count). The van der Waals surface area contributed by atoms with Gasteiger partial charge in [-0.25, -0.2) is 0 Å². The number of benzene rings is 11. The predicted octanol–water partition coefficient (Wildman–Crippen LogP) is 17.0. The van der Waals surface area contributed by atoms with E-state index in [0.29, 0.717) is 0 Å². The fraction of sp³-hybridized carbons (Fsp3) is 0.229. The van der Waals surface area contributed by atoms with Crippen molar-refractivity contribution in [3.8, 4) is 0 Å². The van der Waals surface area contributed by atoms with E-state index in [9.17, 15) is 0 Å². The van der Waals surface area contributed by atoms with Gasteiger partial charge in [0.2, 0.25) is 0 Å². The fourth-order valence-electron chi connectivity index (χ4n) is 14.9. The lowest BCUT2D eigenvalue weighted by molar-refractivity contribution is 0.503. The Morgan fingerprint density at radius 1 is 0.397 bits per heavy atom. The molecule has 4 aliphatic rings. The van der Waals surface area contributed by atoms with Crippen LogP contribution in [0.15, 0.2) is 164 Å². The zero-order valence-electron chi connectivity index (χ0n) is 43.2. The van der Waals surface area contributed by atoms with Gasteiger partial charge in [-0.1, -0.05) is 175 Å². The molecule has 0 saturated carbocycles. The lowest BCUT2D eigenvalue weighted by atomic mass is 9.32. The molecule has 0 unspecified atom stereocenters. The van der Waals surface area contributed by atoms with Gasteiger partial charge < -0.3 is 9.80 Å². The molecule has 3 heteroatoms. The summed E-state index contributed by atoms with van der Waals surface area (Å²) in [6, 6.07) is 63.8. The lowest BCUT2D eigenvalue weighted by Gasteiger charge is -2.48. The summed E-state index contributed by atoms with van der Waals surface area (Å²) in [5.74, 6) is 0. The third-order valence-corrected chi connectivity index (χ3v) is 18.8. The minimum atomic E-state index is -0.0681. The molecular weight excluding hydrogens is 880 g/mol. The Kier molecular flexibility index (Phi) is 9.23. The van der Waals surface area contributed by atoms with Crippen molar-refractivity contribution in [1.82, 2.24) is 0 Å². The van der Waals surface area contributed by atoms with Crippen LogP contribution in [0.4, 0.5) is 34.1 Å². The minimum Gasteiger partial charge on any atom is -0.311 e. The minimum absolute atomic E-state index is 0.0519. The highest BCUT2D eigenvalue weighted by Crippen LogP contribution is 2.55. The highest BCUT2D eigenvalue weighted by atomic mass is 15.2. The van der Waals surface area contributed by atoms with Crippen LogP contribution in [0.25, 0.3) is 64.6 Å². The second kappa shape index (κ2) is 15.6. The van der Waals surface area contributed by atoms with Crippen molar-refractivity contribution >= 4 is 122 Å². The van der Waals surface area contributed by atoms with Crippen LogP contribution in [0.5, 0.6) is 0 Å². The molecular formula is C70H61BN2. The predicted molar refractivity (Wildman–Crippen MR) is 316 cm³/mol. The first kappa shape index (κ1) is 43.2. The third-order valence-electron chi connectivity index (χ3n) is 18.8. The average molecular weight is 941 g/mol. The summed E-state index contributed by atoms with van der Waals surface area (Å²) in [5, 5.41) is 15.7. The zero-order chi connectivity index (χ0) is 49.1. The summed E-state index contributed by atoms with van der Waals surface area (Å²) in [6.07, 6.45) is 9.08. The first-order valence-corrected chi connectivity index (χ1v) is 27.4. The Hall–Kier alpha value is -7.36. The van der Waals surface area contributed by atoms with Gasteiger partial charge >= 0.3 is 0 Å². The lowest BCUT2D eigenvalue weighted by Crippen LogP contribution is -2.62.